The lowest BCUT2D eigenvalue weighted by Crippen LogP contribution is -2.45. The SMILES string of the molecule is O=C(COCC(=O)N1CCCCCC1)NCC1(CO)CCC1. The minimum Gasteiger partial charge on any atom is -0.396 e. The third-order valence-electron chi connectivity index (χ3n) is 4.83. The van der Waals surface area contributed by atoms with Gasteiger partial charge in [-0.05, 0) is 25.7 Å². The number of likely N-dealkylation sites (tertiary alicyclic amines) is 1. The van der Waals surface area contributed by atoms with Gasteiger partial charge < -0.3 is 20.1 Å². The van der Waals surface area contributed by atoms with Gasteiger partial charge in [0.15, 0.2) is 0 Å². The van der Waals surface area contributed by atoms with E-state index in [4.69, 9.17) is 4.74 Å². The number of rotatable bonds is 7. The highest BCUT2D eigenvalue weighted by Gasteiger charge is 2.36. The normalized spacial score (nSPS) is 20.9. The van der Waals surface area contributed by atoms with Gasteiger partial charge in [-0.25, -0.2) is 0 Å². The number of carbonyl (C=O) groups is 2. The van der Waals surface area contributed by atoms with Crippen molar-refractivity contribution in [2.45, 2.75) is 44.9 Å². The molecular formula is C16H28N2O4. The van der Waals surface area contributed by atoms with Gasteiger partial charge in [-0.3, -0.25) is 9.59 Å². The highest BCUT2D eigenvalue weighted by molar-refractivity contribution is 5.79. The summed E-state index contributed by atoms with van der Waals surface area (Å²) in [5, 5.41) is 12.1. The van der Waals surface area contributed by atoms with Crippen LogP contribution in [0.3, 0.4) is 0 Å². The van der Waals surface area contributed by atoms with Crippen LogP contribution in [0.15, 0.2) is 0 Å². The van der Waals surface area contributed by atoms with Gasteiger partial charge in [0.2, 0.25) is 11.8 Å². The monoisotopic (exact) mass is 312 g/mol. The Kier molecular flexibility index (Phi) is 6.64. The van der Waals surface area contributed by atoms with Crippen LogP contribution in [0.4, 0.5) is 0 Å². The Morgan fingerprint density at radius 2 is 1.73 bits per heavy atom. The van der Waals surface area contributed by atoms with E-state index in [9.17, 15) is 14.7 Å². The van der Waals surface area contributed by atoms with Crippen molar-refractivity contribution >= 4 is 11.8 Å². The lowest BCUT2D eigenvalue weighted by molar-refractivity contribution is -0.138. The zero-order valence-electron chi connectivity index (χ0n) is 13.3. The molecule has 0 atom stereocenters. The molecule has 0 aromatic carbocycles. The smallest absolute Gasteiger partial charge is 0.248 e. The molecule has 0 aromatic rings. The molecule has 1 saturated carbocycles. The Balaban J connectivity index is 1.59. The largest absolute Gasteiger partial charge is 0.396 e. The predicted octanol–water partition coefficient (Wildman–Crippen LogP) is 0.684. The van der Waals surface area contributed by atoms with Crippen LogP contribution in [-0.4, -0.2) is 61.3 Å². The molecule has 6 heteroatoms. The summed E-state index contributed by atoms with van der Waals surface area (Å²) >= 11 is 0. The van der Waals surface area contributed by atoms with Crippen molar-refractivity contribution in [3.8, 4) is 0 Å². The summed E-state index contributed by atoms with van der Waals surface area (Å²) in [6.45, 7) is 2.08. The molecule has 2 N–H and O–H groups in total. The van der Waals surface area contributed by atoms with Crippen LogP contribution in [0.1, 0.15) is 44.9 Å². The molecule has 0 radical (unpaired) electrons. The lowest BCUT2D eigenvalue weighted by atomic mass is 9.69. The van der Waals surface area contributed by atoms with Gasteiger partial charge >= 0.3 is 0 Å². The molecule has 1 saturated heterocycles. The molecular weight excluding hydrogens is 284 g/mol. The number of hydrogen-bond donors (Lipinski definition) is 2. The topological polar surface area (TPSA) is 78.9 Å². The van der Waals surface area contributed by atoms with Crippen molar-refractivity contribution in [3.63, 3.8) is 0 Å². The van der Waals surface area contributed by atoms with Crippen LogP contribution >= 0.6 is 0 Å². The zero-order chi connectivity index (χ0) is 15.8. The molecule has 0 bridgehead atoms. The average Bonchev–Trinajstić information content (AvgIpc) is 2.75. The van der Waals surface area contributed by atoms with E-state index in [1.54, 1.807) is 0 Å². The van der Waals surface area contributed by atoms with Gasteiger partial charge in [0.25, 0.3) is 0 Å². The van der Waals surface area contributed by atoms with Gasteiger partial charge in [0.05, 0.1) is 6.61 Å². The maximum atomic E-state index is 12.0. The standard InChI is InChI=1S/C16H28N2O4/c19-13-16(6-5-7-16)12-17-14(20)10-22-11-15(21)18-8-3-1-2-4-9-18/h19H,1-13H2,(H,17,20). The first-order chi connectivity index (χ1) is 10.7. The van der Waals surface area contributed by atoms with Crippen molar-refractivity contribution in [3.05, 3.63) is 0 Å². The third-order valence-corrected chi connectivity index (χ3v) is 4.83. The number of aliphatic hydroxyl groups is 1. The Labute approximate surface area is 132 Å². The van der Waals surface area contributed by atoms with Crippen molar-refractivity contribution in [2.75, 3.05) is 39.5 Å². The Morgan fingerprint density at radius 1 is 1.05 bits per heavy atom. The molecule has 2 fully saturated rings. The lowest BCUT2D eigenvalue weighted by Gasteiger charge is -2.40. The summed E-state index contributed by atoms with van der Waals surface area (Å²) in [7, 11) is 0. The maximum Gasteiger partial charge on any atom is 0.248 e. The molecule has 2 amide bonds. The molecule has 2 rings (SSSR count). The fraction of sp³-hybridized carbons (Fsp3) is 0.875. The minimum atomic E-state index is -0.219. The first-order valence-electron chi connectivity index (χ1n) is 8.38. The van der Waals surface area contributed by atoms with E-state index in [-0.39, 0.29) is 37.0 Å². The third kappa shape index (κ3) is 4.95. The fourth-order valence-electron chi connectivity index (χ4n) is 3.05. The molecule has 0 aromatic heterocycles. The van der Waals surface area contributed by atoms with Gasteiger partial charge in [0, 0.05) is 25.0 Å². The number of carbonyl (C=O) groups excluding carboxylic acids is 2. The Bertz CT molecular complexity index is 369. The number of amides is 2. The number of nitrogens with zero attached hydrogens (tertiary/aromatic N) is 1. The number of ether oxygens (including phenoxy) is 1. The minimum absolute atomic E-state index is 0.0273. The van der Waals surface area contributed by atoms with Crippen LogP contribution in [-0.2, 0) is 14.3 Å². The summed E-state index contributed by atoms with van der Waals surface area (Å²) in [6, 6.07) is 0. The first kappa shape index (κ1) is 17.2. The van der Waals surface area contributed by atoms with E-state index < -0.39 is 0 Å². The highest BCUT2D eigenvalue weighted by atomic mass is 16.5. The van der Waals surface area contributed by atoms with Gasteiger partial charge in [0.1, 0.15) is 13.2 Å². The molecule has 126 valence electrons. The van der Waals surface area contributed by atoms with E-state index in [0.29, 0.717) is 6.54 Å². The second-order valence-corrected chi connectivity index (χ2v) is 6.58. The van der Waals surface area contributed by atoms with Crippen LogP contribution < -0.4 is 5.32 Å². The molecule has 1 aliphatic heterocycles. The molecule has 22 heavy (non-hydrogen) atoms. The van der Waals surface area contributed by atoms with Crippen molar-refractivity contribution < 1.29 is 19.4 Å². The quantitative estimate of drug-likeness (QED) is 0.725. The van der Waals surface area contributed by atoms with Crippen molar-refractivity contribution in [2.24, 2.45) is 5.41 Å². The number of hydrogen-bond acceptors (Lipinski definition) is 4. The Morgan fingerprint density at radius 3 is 2.27 bits per heavy atom. The van der Waals surface area contributed by atoms with E-state index in [1.807, 2.05) is 4.90 Å². The Hall–Kier alpha value is -1.14. The van der Waals surface area contributed by atoms with Crippen LogP contribution in [0.2, 0.25) is 0 Å². The summed E-state index contributed by atoms with van der Waals surface area (Å²) in [5.74, 6) is -0.246. The van der Waals surface area contributed by atoms with Gasteiger partial charge in [-0.15, -0.1) is 0 Å². The first-order valence-corrected chi connectivity index (χ1v) is 8.38. The second kappa shape index (κ2) is 8.48. The highest BCUT2D eigenvalue weighted by Crippen LogP contribution is 2.39. The molecule has 2 aliphatic rings. The molecule has 1 aliphatic carbocycles. The van der Waals surface area contributed by atoms with Crippen molar-refractivity contribution in [1.82, 2.24) is 10.2 Å². The predicted molar refractivity (Wildman–Crippen MR) is 82.2 cm³/mol. The van der Waals surface area contributed by atoms with E-state index in [1.165, 1.54) is 12.8 Å². The molecule has 0 unspecified atom stereocenters. The maximum absolute atomic E-state index is 12.0. The number of nitrogens with one attached hydrogen (secondary N) is 1. The molecule has 6 nitrogen and oxygen atoms in total. The zero-order valence-corrected chi connectivity index (χ0v) is 13.3. The fourth-order valence-corrected chi connectivity index (χ4v) is 3.05. The van der Waals surface area contributed by atoms with Crippen LogP contribution in [0, 0.1) is 5.41 Å². The summed E-state index contributed by atoms with van der Waals surface area (Å²) in [5.41, 5.74) is -0.127. The van der Waals surface area contributed by atoms with Gasteiger partial charge in [-0.2, -0.15) is 0 Å². The summed E-state index contributed by atoms with van der Waals surface area (Å²) in [6.07, 6.45) is 7.48. The van der Waals surface area contributed by atoms with Gasteiger partial charge in [-0.1, -0.05) is 19.3 Å². The van der Waals surface area contributed by atoms with Crippen molar-refractivity contribution in [1.29, 1.82) is 0 Å². The van der Waals surface area contributed by atoms with E-state index >= 15 is 0 Å². The average molecular weight is 312 g/mol. The summed E-state index contributed by atoms with van der Waals surface area (Å²) < 4.78 is 5.24. The molecule has 0 spiro atoms. The van der Waals surface area contributed by atoms with Crippen LogP contribution in [0.25, 0.3) is 0 Å². The number of aliphatic hydroxyl groups excluding tert-OH is 1. The molecule has 1 heterocycles. The van der Waals surface area contributed by atoms with Crippen LogP contribution in [0.5, 0.6) is 0 Å². The van der Waals surface area contributed by atoms with E-state index in [0.717, 1.165) is 45.2 Å². The van der Waals surface area contributed by atoms with E-state index in [2.05, 4.69) is 5.32 Å². The second-order valence-electron chi connectivity index (χ2n) is 6.58. The summed E-state index contributed by atoms with van der Waals surface area (Å²) in [4.78, 5) is 25.5.